The molecule has 1 aromatic heterocycles. The minimum atomic E-state index is 0.608. The van der Waals surface area contributed by atoms with Crippen LogP contribution in [0.2, 0.25) is 0 Å². The summed E-state index contributed by atoms with van der Waals surface area (Å²) in [5, 5.41) is 0. The van der Waals surface area contributed by atoms with Crippen molar-refractivity contribution >= 4 is 21.7 Å². The zero-order valence-electron chi connectivity index (χ0n) is 8.57. The maximum absolute atomic E-state index is 4.42. The van der Waals surface area contributed by atoms with E-state index in [1.807, 2.05) is 12.3 Å². The van der Waals surface area contributed by atoms with Gasteiger partial charge in [0, 0.05) is 18.8 Å². The SMILES string of the molecule is CC1CC(C)N(c2ncccc2Br)C1. The lowest BCUT2D eigenvalue weighted by atomic mass is 10.1. The van der Waals surface area contributed by atoms with Crippen LogP contribution in [0.25, 0.3) is 0 Å². The summed E-state index contributed by atoms with van der Waals surface area (Å²) < 4.78 is 1.10. The van der Waals surface area contributed by atoms with Crippen molar-refractivity contribution in [1.82, 2.24) is 4.98 Å². The van der Waals surface area contributed by atoms with Crippen molar-refractivity contribution in [2.75, 3.05) is 11.4 Å². The van der Waals surface area contributed by atoms with Crippen LogP contribution in [0.4, 0.5) is 5.82 Å². The highest BCUT2D eigenvalue weighted by molar-refractivity contribution is 9.10. The largest absolute Gasteiger partial charge is 0.353 e. The van der Waals surface area contributed by atoms with Crippen LogP contribution in [0, 0.1) is 5.92 Å². The van der Waals surface area contributed by atoms with Gasteiger partial charge in [-0.15, -0.1) is 0 Å². The van der Waals surface area contributed by atoms with Crippen LogP contribution in [0.1, 0.15) is 20.3 Å². The third-order valence-electron chi connectivity index (χ3n) is 2.80. The van der Waals surface area contributed by atoms with E-state index in [9.17, 15) is 0 Å². The molecule has 1 saturated heterocycles. The van der Waals surface area contributed by atoms with Gasteiger partial charge in [0.15, 0.2) is 0 Å². The smallest absolute Gasteiger partial charge is 0.143 e. The second kappa shape index (κ2) is 3.89. The summed E-state index contributed by atoms with van der Waals surface area (Å²) in [4.78, 5) is 6.81. The molecular formula is C11H15BrN2. The molecule has 1 aromatic rings. The van der Waals surface area contributed by atoms with Gasteiger partial charge in [-0.25, -0.2) is 4.98 Å². The van der Waals surface area contributed by atoms with E-state index in [1.54, 1.807) is 0 Å². The van der Waals surface area contributed by atoms with E-state index in [2.05, 4.69) is 45.7 Å². The predicted molar refractivity (Wildman–Crippen MR) is 62.5 cm³/mol. The zero-order valence-corrected chi connectivity index (χ0v) is 10.2. The molecule has 1 fully saturated rings. The van der Waals surface area contributed by atoms with Crippen molar-refractivity contribution in [3.05, 3.63) is 22.8 Å². The first-order valence-corrected chi connectivity index (χ1v) is 5.85. The predicted octanol–water partition coefficient (Wildman–Crippen LogP) is 3.08. The molecule has 2 unspecified atom stereocenters. The Hall–Kier alpha value is -0.570. The minimum Gasteiger partial charge on any atom is -0.353 e. The Morgan fingerprint density at radius 2 is 2.29 bits per heavy atom. The van der Waals surface area contributed by atoms with Gasteiger partial charge in [0.2, 0.25) is 0 Å². The molecule has 2 heterocycles. The maximum atomic E-state index is 4.42. The fraction of sp³-hybridized carbons (Fsp3) is 0.545. The monoisotopic (exact) mass is 254 g/mol. The third-order valence-corrected chi connectivity index (χ3v) is 3.41. The van der Waals surface area contributed by atoms with Gasteiger partial charge in [0.25, 0.3) is 0 Å². The van der Waals surface area contributed by atoms with Gasteiger partial charge in [0.05, 0.1) is 4.47 Å². The standard InChI is InChI=1S/C11H15BrN2/c1-8-6-9(2)14(7-8)11-10(12)4-3-5-13-11/h3-5,8-9H,6-7H2,1-2H3. The number of halogens is 1. The third kappa shape index (κ3) is 1.78. The first-order valence-electron chi connectivity index (χ1n) is 5.05. The first-order chi connectivity index (χ1) is 6.68. The average Bonchev–Trinajstić information content (AvgIpc) is 2.46. The molecule has 0 bridgehead atoms. The fourth-order valence-electron chi connectivity index (χ4n) is 2.18. The van der Waals surface area contributed by atoms with Crippen LogP contribution in [0.5, 0.6) is 0 Å². The highest BCUT2D eigenvalue weighted by Gasteiger charge is 2.27. The molecule has 0 aliphatic carbocycles. The van der Waals surface area contributed by atoms with Crippen LogP contribution >= 0.6 is 15.9 Å². The van der Waals surface area contributed by atoms with E-state index in [4.69, 9.17) is 0 Å². The van der Waals surface area contributed by atoms with Crippen molar-refractivity contribution in [1.29, 1.82) is 0 Å². The van der Waals surface area contributed by atoms with Crippen molar-refractivity contribution in [2.24, 2.45) is 5.92 Å². The molecule has 0 N–H and O–H groups in total. The van der Waals surface area contributed by atoms with Gasteiger partial charge < -0.3 is 4.90 Å². The second-order valence-corrected chi connectivity index (χ2v) is 5.01. The molecule has 2 nitrogen and oxygen atoms in total. The quantitative estimate of drug-likeness (QED) is 0.766. The van der Waals surface area contributed by atoms with Crippen molar-refractivity contribution in [2.45, 2.75) is 26.3 Å². The Balaban J connectivity index is 2.27. The van der Waals surface area contributed by atoms with Crippen molar-refractivity contribution in [3.63, 3.8) is 0 Å². The summed E-state index contributed by atoms with van der Waals surface area (Å²) in [6, 6.07) is 4.62. The molecule has 1 aliphatic rings. The second-order valence-electron chi connectivity index (χ2n) is 4.15. The van der Waals surface area contributed by atoms with Crippen LogP contribution in [-0.4, -0.2) is 17.6 Å². The number of rotatable bonds is 1. The van der Waals surface area contributed by atoms with E-state index >= 15 is 0 Å². The highest BCUT2D eigenvalue weighted by Crippen LogP contribution is 2.31. The Morgan fingerprint density at radius 3 is 2.86 bits per heavy atom. The Bertz CT molecular complexity index is 327. The molecule has 76 valence electrons. The van der Waals surface area contributed by atoms with Gasteiger partial charge in [-0.3, -0.25) is 0 Å². The van der Waals surface area contributed by atoms with E-state index in [-0.39, 0.29) is 0 Å². The van der Waals surface area contributed by atoms with Crippen LogP contribution in [-0.2, 0) is 0 Å². The number of pyridine rings is 1. The molecule has 0 spiro atoms. The highest BCUT2D eigenvalue weighted by atomic mass is 79.9. The molecule has 2 rings (SSSR count). The summed E-state index contributed by atoms with van der Waals surface area (Å²) in [5.74, 6) is 1.86. The van der Waals surface area contributed by atoms with Crippen molar-refractivity contribution < 1.29 is 0 Å². The lowest BCUT2D eigenvalue weighted by Crippen LogP contribution is -2.27. The number of anilines is 1. The van der Waals surface area contributed by atoms with Gasteiger partial charge in [-0.1, -0.05) is 6.92 Å². The van der Waals surface area contributed by atoms with E-state index in [0.29, 0.717) is 6.04 Å². The molecule has 0 amide bonds. The summed E-state index contributed by atoms with van der Waals surface area (Å²) in [6.45, 7) is 5.69. The van der Waals surface area contributed by atoms with E-state index in [0.717, 1.165) is 22.8 Å². The number of aromatic nitrogens is 1. The summed E-state index contributed by atoms with van der Waals surface area (Å²) in [5.41, 5.74) is 0. The molecule has 14 heavy (non-hydrogen) atoms. The Labute approximate surface area is 93.5 Å². The molecule has 0 aromatic carbocycles. The van der Waals surface area contributed by atoms with Gasteiger partial charge in [-0.05, 0) is 47.3 Å². The molecule has 0 saturated carbocycles. The molecular weight excluding hydrogens is 240 g/mol. The van der Waals surface area contributed by atoms with E-state index in [1.165, 1.54) is 6.42 Å². The summed E-state index contributed by atoms with van der Waals surface area (Å²) in [7, 11) is 0. The number of hydrogen-bond donors (Lipinski definition) is 0. The Kier molecular flexibility index (Phi) is 2.77. The first kappa shape index (κ1) is 9.97. The van der Waals surface area contributed by atoms with Gasteiger partial charge in [-0.2, -0.15) is 0 Å². The van der Waals surface area contributed by atoms with E-state index < -0.39 is 0 Å². The zero-order chi connectivity index (χ0) is 10.1. The summed E-state index contributed by atoms with van der Waals surface area (Å²) >= 11 is 3.55. The van der Waals surface area contributed by atoms with Crippen LogP contribution in [0.3, 0.4) is 0 Å². The fourth-order valence-corrected chi connectivity index (χ4v) is 2.67. The number of nitrogens with zero attached hydrogens (tertiary/aromatic N) is 2. The lowest BCUT2D eigenvalue weighted by molar-refractivity contribution is 0.625. The maximum Gasteiger partial charge on any atom is 0.143 e. The topological polar surface area (TPSA) is 16.1 Å². The average molecular weight is 255 g/mol. The normalized spacial score (nSPS) is 26.9. The van der Waals surface area contributed by atoms with Crippen molar-refractivity contribution in [3.8, 4) is 0 Å². The van der Waals surface area contributed by atoms with Gasteiger partial charge in [0.1, 0.15) is 5.82 Å². The molecule has 3 heteroatoms. The molecule has 2 atom stereocenters. The van der Waals surface area contributed by atoms with Crippen LogP contribution < -0.4 is 4.90 Å². The minimum absolute atomic E-state index is 0.608. The lowest BCUT2D eigenvalue weighted by Gasteiger charge is -2.23. The molecule has 0 radical (unpaired) electrons. The Morgan fingerprint density at radius 1 is 1.50 bits per heavy atom. The molecule has 1 aliphatic heterocycles. The van der Waals surface area contributed by atoms with Gasteiger partial charge >= 0.3 is 0 Å². The number of hydrogen-bond acceptors (Lipinski definition) is 2. The summed E-state index contributed by atoms with van der Waals surface area (Å²) in [6.07, 6.45) is 3.12. The van der Waals surface area contributed by atoms with Crippen LogP contribution in [0.15, 0.2) is 22.8 Å².